The van der Waals surface area contributed by atoms with E-state index >= 15 is 0 Å². The van der Waals surface area contributed by atoms with Crippen LogP contribution in [-0.2, 0) is 11.3 Å². The Kier molecular flexibility index (Phi) is 4.91. The molecule has 7 heteroatoms. The number of amides is 2. The van der Waals surface area contributed by atoms with E-state index in [1.807, 2.05) is 0 Å². The van der Waals surface area contributed by atoms with Crippen molar-refractivity contribution in [3.05, 3.63) is 17.5 Å². The van der Waals surface area contributed by atoms with Crippen molar-refractivity contribution in [3.8, 4) is 0 Å². The molecule has 1 heterocycles. The van der Waals surface area contributed by atoms with Crippen LogP contribution in [0.4, 0.5) is 4.79 Å². The second-order valence-corrected chi connectivity index (χ2v) is 5.01. The summed E-state index contributed by atoms with van der Waals surface area (Å²) in [6, 6.07) is 1.37. The van der Waals surface area contributed by atoms with Crippen molar-refractivity contribution in [2.24, 2.45) is 0 Å². The maximum atomic E-state index is 11.7. The summed E-state index contributed by atoms with van der Waals surface area (Å²) < 4.78 is 4.88. The number of aryl methyl sites for hydroxylation is 1. The summed E-state index contributed by atoms with van der Waals surface area (Å²) in [6.07, 6.45) is 0.370. The first-order chi connectivity index (χ1) is 8.78. The Morgan fingerprint density at radius 2 is 2.16 bits per heavy atom. The van der Waals surface area contributed by atoms with E-state index in [9.17, 15) is 9.59 Å². The highest BCUT2D eigenvalue weighted by Gasteiger charge is 2.21. The summed E-state index contributed by atoms with van der Waals surface area (Å²) in [6.45, 7) is 5.58. The fourth-order valence-corrected chi connectivity index (χ4v) is 1.51. The third kappa shape index (κ3) is 5.89. The van der Waals surface area contributed by atoms with E-state index in [0.717, 1.165) is 0 Å². The Labute approximate surface area is 111 Å². The Morgan fingerprint density at radius 3 is 2.68 bits per heavy atom. The van der Waals surface area contributed by atoms with Crippen molar-refractivity contribution < 1.29 is 19.2 Å². The number of carbonyl (C=O) groups excluding carboxylic acids is 1. The van der Waals surface area contributed by atoms with E-state index < -0.39 is 11.5 Å². The number of carbonyl (C=O) groups is 2. The van der Waals surface area contributed by atoms with E-state index in [0.29, 0.717) is 17.9 Å². The van der Waals surface area contributed by atoms with Crippen LogP contribution in [0.1, 0.15) is 38.1 Å². The number of aromatic nitrogens is 1. The number of hydrogen-bond acceptors (Lipinski definition) is 4. The first-order valence-electron chi connectivity index (χ1n) is 5.98. The third-order valence-corrected chi connectivity index (χ3v) is 2.52. The maximum Gasteiger partial charge on any atom is 0.315 e. The molecule has 1 aromatic rings. The molecule has 1 rings (SSSR count). The Balaban J connectivity index is 2.35. The van der Waals surface area contributed by atoms with Gasteiger partial charge in [-0.25, -0.2) is 4.79 Å². The summed E-state index contributed by atoms with van der Waals surface area (Å²) in [7, 11) is 0. The van der Waals surface area contributed by atoms with Crippen LogP contribution in [0.25, 0.3) is 0 Å². The average molecular weight is 269 g/mol. The molecule has 3 N–H and O–H groups in total. The van der Waals surface area contributed by atoms with Gasteiger partial charge in [0.05, 0.1) is 6.54 Å². The average Bonchev–Trinajstić information content (AvgIpc) is 2.69. The van der Waals surface area contributed by atoms with Gasteiger partial charge in [0.1, 0.15) is 11.5 Å². The summed E-state index contributed by atoms with van der Waals surface area (Å²) >= 11 is 0. The molecule has 0 atom stereocenters. The van der Waals surface area contributed by atoms with E-state index in [1.54, 1.807) is 26.8 Å². The van der Waals surface area contributed by atoms with Gasteiger partial charge in [0.15, 0.2) is 0 Å². The molecule has 0 bridgehead atoms. The minimum Gasteiger partial charge on any atom is -0.481 e. The van der Waals surface area contributed by atoms with Crippen LogP contribution < -0.4 is 10.6 Å². The van der Waals surface area contributed by atoms with Crippen LogP contribution in [0.15, 0.2) is 10.6 Å². The van der Waals surface area contributed by atoms with E-state index in [1.165, 1.54) is 0 Å². The van der Waals surface area contributed by atoms with Gasteiger partial charge in [-0.3, -0.25) is 4.79 Å². The first-order valence-corrected chi connectivity index (χ1v) is 5.98. The molecule has 0 aliphatic carbocycles. The van der Waals surface area contributed by atoms with Crippen LogP contribution in [-0.4, -0.2) is 27.8 Å². The van der Waals surface area contributed by atoms with Crippen molar-refractivity contribution in [2.45, 2.75) is 45.7 Å². The van der Waals surface area contributed by atoms with Crippen molar-refractivity contribution in [1.29, 1.82) is 0 Å². The standard InChI is InChI=1S/C12H19N3O4/c1-8-6-9(15-19-8)7-13-11(18)14-12(2,3)5-4-10(16)17/h6H,4-5,7H2,1-3H3,(H,16,17)(H2,13,14,18). The molecule has 0 saturated heterocycles. The zero-order chi connectivity index (χ0) is 14.5. The number of carboxylic acid groups (broad SMARTS) is 1. The number of aliphatic carboxylic acids is 1. The van der Waals surface area contributed by atoms with Gasteiger partial charge in [-0.2, -0.15) is 0 Å². The van der Waals surface area contributed by atoms with E-state index in [2.05, 4.69) is 15.8 Å². The topological polar surface area (TPSA) is 104 Å². The highest BCUT2D eigenvalue weighted by molar-refractivity contribution is 5.74. The molecule has 0 unspecified atom stereocenters. The zero-order valence-electron chi connectivity index (χ0n) is 11.3. The van der Waals surface area contributed by atoms with Crippen molar-refractivity contribution in [1.82, 2.24) is 15.8 Å². The quantitative estimate of drug-likeness (QED) is 0.724. The number of nitrogens with zero attached hydrogens (tertiary/aromatic N) is 1. The first kappa shape index (κ1) is 15.0. The molecule has 19 heavy (non-hydrogen) atoms. The van der Waals surface area contributed by atoms with Gasteiger partial charge in [0.25, 0.3) is 0 Å². The van der Waals surface area contributed by atoms with E-state index in [-0.39, 0.29) is 19.0 Å². The Morgan fingerprint density at radius 1 is 1.47 bits per heavy atom. The molecule has 0 radical (unpaired) electrons. The fourth-order valence-electron chi connectivity index (χ4n) is 1.51. The van der Waals surface area contributed by atoms with Crippen LogP contribution >= 0.6 is 0 Å². The highest BCUT2D eigenvalue weighted by atomic mass is 16.5. The SMILES string of the molecule is Cc1cc(CNC(=O)NC(C)(C)CCC(=O)O)no1. The molecule has 0 saturated carbocycles. The molecule has 0 fully saturated rings. The highest BCUT2D eigenvalue weighted by Crippen LogP contribution is 2.11. The van der Waals surface area contributed by atoms with Crippen LogP contribution in [0, 0.1) is 6.92 Å². The van der Waals surface area contributed by atoms with Gasteiger partial charge in [-0.05, 0) is 27.2 Å². The van der Waals surface area contributed by atoms with Gasteiger partial charge in [0.2, 0.25) is 0 Å². The number of nitrogens with one attached hydrogen (secondary N) is 2. The van der Waals surface area contributed by atoms with Gasteiger partial charge in [-0.15, -0.1) is 0 Å². The summed E-state index contributed by atoms with van der Waals surface area (Å²) in [5, 5.41) is 17.7. The second kappa shape index (κ2) is 6.21. The van der Waals surface area contributed by atoms with Gasteiger partial charge in [-0.1, -0.05) is 5.16 Å². The maximum absolute atomic E-state index is 11.7. The predicted octanol–water partition coefficient (Wildman–Crippen LogP) is 1.43. The largest absolute Gasteiger partial charge is 0.481 e. The van der Waals surface area contributed by atoms with Crippen LogP contribution in [0.2, 0.25) is 0 Å². The summed E-state index contributed by atoms with van der Waals surface area (Å²) in [5.41, 5.74) is 0.0540. The zero-order valence-corrected chi connectivity index (χ0v) is 11.3. The van der Waals surface area contributed by atoms with Crippen molar-refractivity contribution in [3.63, 3.8) is 0 Å². The number of rotatable bonds is 6. The van der Waals surface area contributed by atoms with E-state index in [4.69, 9.17) is 9.63 Å². The molecule has 0 aliphatic rings. The van der Waals surface area contributed by atoms with Crippen LogP contribution in [0.5, 0.6) is 0 Å². The monoisotopic (exact) mass is 269 g/mol. The van der Waals surface area contributed by atoms with Crippen LogP contribution in [0.3, 0.4) is 0 Å². The molecular weight excluding hydrogens is 250 g/mol. The lowest BCUT2D eigenvalue weighted by atomic mass is 9.99. The lowest BCUT2D eigenvalue weighted by Crippen LogP contribution is -2.48. The molecule has 7 nitrogen and oxygen atoms in total. The molecule has 1 aromatic heterocycles. The predicted molar refractivity (Wildman–Crippen MR) is 67.6 cm³/mol. The number of urea groups is 1. The minimum atomic E-state index is -0.881. The molecule has 106 valence electrons. The third-order valence-electron chi connectivity index (χ3n) is 2.52. The lowest BCUT2D eigenvalue weighted by Gasteiger charge is -2.25. The minimum absolute atomic E-state index is 0.00968. The Hall–Kier alpha value is -2.05. The molecule has 0 aliphatic heterocycles. The molecule has 2 amide bonds. The van der Waals surface area contributed by atoms with Crippen molar-refractivity contribution in [2.75, 3.05) is 0 Å². The van der Waals surface area contributed by atoms with Gasteiger partial charge < -0.3 is 20.3 Å². The lowest BCUT2D eigenvalue weighted by molar-refractivity contribution is -0.137. The second-order valence-electron chi connectivity index (χ2n) is 5.01. The summed E-state index contributed by atoms with van der Waals surface area (Å²) in [5.74, 6) is -0.202. The smallest absolute Gasteiger partial charge is 0.315 e. The fraction of sp³-hybridized carbons (Fsp3) is 0.583. The number of carboxylic acids is 1. The molecular formula is C12H19N3O4. The van der Waals surface area contributed by atoms with Gasteiger partial charge >= 0.3 is 12.0 Å². The molecule has 0 spiro atoms. The van der Waals surface area contributed by atoms with Crippen molar-refractivity contribution >= 4 is 12.0 Å². The number of hydrogen-bond donors (Lipinski definition) is 3. The van der Waals surface area contributed by atoms with Gasteiger partial charge in [0, 0.05) is 18.0 Å². The molecule has 0 aromatic carbocycles. The Bertz CT molecular complexity index is 454. The normalized spacial score (nSPS) is 11.1. The summed E-state index contributed by atoms with van der Waals surface area (Å²) in [4.78, 5) is 22.2.